The molecule has 0 aliphatic carbocycles. The number of amidine groups is 1. The molecule has 1 fully saturated rings. The summed E-state index contributed by atoms with van der Waals surface area (Å²) in [4.78, 5) is 49.2. The molecule has 6 rings (SSSR count). The van der Waals surface area contributed by atoms with Gasteiger partial charge in [-0.25, -0.2) is 9.78 Å². The molecule has 0 radical (unpaired) electrons. The number of β-lactam (4-membered cyclic amide) rings is 1. The van der Waals surface area contributed by atoms with Crippen LogP contribution in [-0.2, 0) is 32.3 Å². The number of pyridine rings is 1. The van der Waals surface area contributed by atoms with E-state index in [0.717, 1.165) is 22.2 Å². The quantitative estimate of drug-likeness (QED) is 0.0603. The van der Waals surface area contributed by atoms with Crippen molar-refractivity contribution in [2.45, 2.75) is 24.9 Å². The number of halogens is 1. The van der Waals surface area contributed by atoms with Crippen molar-refractivity contribution in [1.29, 1.82) is 5.41 Å². The Bertz CT molecular complexity index is 1950. The average Bonchev–Trinajstić information content (AvgIpc) is 3.73. The number of carbonyl (C=O) groups excluding carboxylic acids is 2. The highest BCUT2D eigenvalue weighted by atomic mass is 35.5. The maximum absolute atomic E-state index is 13.3. The molecule has 4 aromatic heterocycles. The number of oxime groups is 1. The Kier molecular flexibility index (Phi) is 8.11. The third-order valence-corrected chi connectivity index (χ3v) is 9.96. The number of carboxylic acids is 1. The Morgan fingerprint density at radius 2 is 2.18 bits per heavy atom. The molecule has 0 unspecified atom stereocenters. The van der Waals surface area contributed by atoms with Crippen LogP contribution in [0.4, 0.5) is 5.13 Å². The van der Waals surface area contributed by atoms with Crippen LogP contribution in [0.2, 0.25) is 4.34 Å². The van der Waals surface area contributed by atoms with Crippen molar-refractivity contribution in [2.75, 3.05) is 18.6 Å². The van der Waals surface area contributed by atoms with E-state index < -0.39 is 29.0 Å². The maximum atomic E-state index is 13.3. The van der Waals surface area contributed by atoms with Crippen LogP contribution in [0.5, 0.6) is 0 Å². The van der Waals surface area contributed by atoms with Gasteiger partial charge in [-0.05, 0) is 12.1 Å². The van der Waals surface area contributed by atoms with Gasteiger partial charge in [0.05, 0.1) is 23.4 Å². The minimum Gasteiger partial charge on any atom is -0.477 e. The van der Waals surface area contributed by atoms with Gasteiger partial charge in [0.15, 0.2) is 35.6 Å². The zero-order valence-corrected chi connectivity index (χ0v) is 26.0. The summed E-state index contributed by atoms with van der Waals surface area (Å²) >= 11 is 8.56. The second-order valence-electron chi connectivity index (χ2n) is 10.3. The Hall–Kier alpha value is -4.67. The molecule has 1 saturated heterocycles. The lowest BCUT2D eigenvalue weighted by Crippen LogP contribution is -2.62. The third kappa shape index (κ3) is 5.67. The van der Waals surface area contributed by atoms with E-state index >= 15 is 0 Å². The number of fused-ring (bicyclic) bond motifs is 2. The summed E-state index contributed by atoms with van der Waals surface area (Å²) in [6, 6.07) is 5.59. The van der Waals surface area contributed by atoms with Crippen LogP contribution in [0.25, 0.3) is 10.9 Å². The van der Waals surface area contributed by atoms with E-state index in [0.29, 0.717) is 29.2 Å². The van der Waals surface area contributed by atoms with E-state index in [2.05, 4.69) is 10.1 Å². The van der Waals surface area contributed by atoms with Crippen molar-refractivity contribution in [3.63, 3.8) is 0 Å². The molecular weight excluding hydrogens is 644 g/mol. The fraction of sp³-hybridized carbons (Fsp3) is 0.250. The van der Waals surface area contributed by atoms with Crippen LogP contribution in [-0.4, -0.2) is 67.0 Å². The first-order chi connectivity index (χ1) is 21.5. The summed E-state index contributed by atoms with van der Waals surface area (Å²) in [5.74, 6) is -2.06. The zero-order chi connectivity index (χ0) is 32.0. The third-order valence-electron chi connectivity index (χ3n) is 7.48. The lowest BCUT2D eigenvalue weighted by atomic mass is 9.89. The number of hydrogen-bond donors (Lipinski definition) is 4. The first-order valence-corrected chi connectivity index (χ1v) is 15.7. The van der Waals surface area contributed by atoms with Crippen LogP contribution in [0.15, 0.2) is 63.9 Å². The molecule has 14 nitrogen and oxygen atoms in total. The fourth-order valence-corrected chi connectivity index (χ4v) is 7.75. The fourth-order valence-electron chi connectivity index (χ4n) is 5.41. The number of rotatable bonds is 11. The molecule has 232 valence electrons. The van der Waals surface area contributed by atoms with Gasteiger partial charge in [0.1, 0.15) is 46.2 Å². The average molecular weight is 670 g/mol. The van der Waals surface area contributed by atoms with Gasteiger partial charge in [-0.3, -0.25) is 19.9 Å². The van der Waals surface area contributed by atoms with Crippen molar-refractivity contribution < 1.29 is 33.3 Å². The number of anilines is 1. The second-order valence-corrected chi connectivity index (χ2v) is 13.1. The summed E-state index contributed by atoms with van der Waals surface area (Å²) in [6.45, 7) is 0.641. The summed E-state index contributed by atoms with van der Waals surface area (Å²) in [5, 5.41) is 22.1. The molecule has 45 heavy (non-hydrogen) atoms. The van der Waals surface area contributed by atoms with Crippen LogP contribution < -0.4 is 16.0 Å². The minimum absolute atomic E-state index is 0.0736. The number of aromatic nitrogens is 3. The Morgan fingerprint density at radius 1 is 1.38 bits per heavy atom. The smallest absolute Gasteiger partial charge is 0.352 e. The molecule has 2 aliphatic heterocycles. The highest BCUT2D eigenvalue weighted by molar-refractivity contribution is 8.00. The number of nitrogen functional groups attached to an aromatic ring is 2. The van der Waals surface area contributed by atoms with Gasteiger partial charge in [0.2, 0.25) is 5.91 Å². The normalized spacial score (nSPS) is 18.2. The highest BCUT2D eigenvalue weighted by Gasteiger charge is 2.54. The number of nitrogens with two attached hydrogens (primary N) is 2. The zero-order valence-electron chi connectivity index (χ0n) is 23.6. The number of carboxylic acid groups (broad SMARTS) is 1. The molecule has 6 heterocycles. The summed E-state index contributed by atoms with van der Waals surface area (Å²) in [5.41, 5.74) is 13.1. The van der Waals surface area contributed by atoms with Crippen LogP contribution >= 0.6 is 34.7 Å². The largest absolute Gasteiger partial charge is 0.477 e. The van der Waals surface area contributed by atoms with E-state index in [1.54, 1.807) is 6.07 Å². The Balaban J connectivity index is 1.21. The predicted molar refractivity (Wildman–Crippen MR) is 167 cm³/mol. The summed E-state index contributed by atoms with van der Waals surface area (Å²) < 4.78 is 9.56. The first-order valence-electron chi connectivity index (χ1n) is 13.4. The van der Waals surface area contributed by atoms with Gasteiger partial charge < -0.3 is 30.4 Å². The van der Waals surface area contributed by atoms with Crippen molar-refractivity contribution in [3.05, 3.63) is 75.7 Å². The molecule has 2 aliphatic rings. The van der Waals surface area contributed by atoms with Crippen molar-refractivity contribution in [2.24, 2.45) is 16.8 Å². The number of ketones is 1. The molecule has 0 saturated carbocycles. The van der Waals surface area contributed by atoms with Gasteiger partial charge >= 0.3 is 5.97 Å². The maximum Gasteiger partial charge on any atom is 0.352 e. The highest BCUT2D eigenvalue weighted by Crippen LogP contribution is 2.45. The number of nitrogens with one attached hydrogen (secondary N) is 1. The molecule has 0 aromatic carbocycles. The number of furan rings is 1. The molecule has 2 atom stereocenters. The van der Waals surface area contributed by atoms with E-state index in [4.69, 9.17) is 37.7 Å². The lowest BCUT2D eigenvalue weighted by molar-refractivity contribution is -0.687. The monoisotopic (exact) mass is 669 g/mol. The topological polar surface area (TPSA) is 207 Å². The number of thioether (sulfide) groups is 1. The van der Waals surface area contributed by atoms with Crippen LogP contribution in [0.1, 0.15) is 23.4 Å². The number of amides is 1. The standard InChI is InChI=1S/C28H25ClN8O6S2/c1-42-34-20(21-23(29)45-28(32)33-21)19(38)7-17-25(39)37-22(27(40)41)15(12-44-26(17)37)8-35-4-2-13-3-5-36(18(13)10-35)9-16-6-14(11-43-16)24(30)31/h2-6,10-11,17,26H,7-9,12H2,1H3,(H5-,30,31,32,33,40,41)/p+1/b34-20+/t17-,26-/m1/s1. The lowest BCUT2D eigenvalue weighted by Gasteiger charge is -2.49. The molecule has 1 amide bonds. The minimum atomic E-state index is -1.22. The van der Waals surface area contributed by atoms with E-state index in [1.165, 1.54) is 30.0 Å². The first kappa shape index (κ1) is 30.4. The Morgan fingerprint density at radius 3 is 2.84 bits per heavy atom. The summed E-state index contributed by atoms with van der Waals surface area (Å²) in [7, 11) is 1.27. The van der Waals surface area contributed by atoms with Crippen molar-refractivity contribution in [1.82, 2.24) is 14.5 Å². The molecule has 0 spiro atoms. The van der Waals surface area contributed by atoms with Gasteiger partial charge in [0.25, 0.3) is 0 Å². The molecular formula is C28H26ClN8O6S2+. The van der Waals surface area contributed by atoms with Gasteiger partial charge in [0, 0.05) is 35.4 Å². The Labute approximate surface area is 268 Å². The second kappa shape index (κ2) is 12.0. The molecule has 17 heteroatoms. The van der Waals surface area contributed by atoms with E-state index in [9.17, 15) is 19.5 Å². The van der Waals surface area contributed by atoms with E-state index in [1.807, 2.05) is 39.9 Å². The number of thiazole rings is 1. The van der Waals surface area contributed by atoms with Crippen molar-refractivity contribution >= 4 is 79.9 Å². The van der Waals surface area contributed by atoms with Crippen molar-refractivity contribution in [3.8, 4) is 0 Å². The number of carbonyl (C=O) groups is 3. The van der Waals surface area contributed by atoms with Gasteiger partial charge in [-0.15, -0.1) is 11.8 Å². The number of hydrogen-bond acceptors (Lipinski definition) is 11. The van der Waals surface area contributed by atoms with Crippen LogP contribution in [0, 0.1) is 11.3 Å². The number of aliphatic carboxylic acids is 1. The number of nitrogens with zero attached hydrogens (tertiary/aromatic N) is 5. The number of Topliss-reactive ketones (excluding diaryl/α,β-unsaturated/α-hetero) is 1. The van der Waals surface area contributed by atoms with Gasteiger partial charge in [-0.1, -0.05) is 28.1 Å². The van der Waals surface area contributed by atoms with Gasteiger partial charge in [-0.2, -0.15) is 4.57 Å². The summed E-state index contributed by atoms with van der Waals surface area (Å²) in [6.07, 6.45) is 6.88. The van der Waals surface area contributed by atoms with E-state index in [-0.39, 0.29) is 45.4 Å². The van der Waals surface area contributed by atoms with Crippen LogP contribution in [0.3, 0.4) is 0 Å². The predicted octanol–water partition coefficient (Wildman–Crippen LogP) is 2.43. The molecule has 6 N–H and O–H groups in total. The molecule has 4 aromatic rings. The molecule has 0 bridgehead atoms. The SMILES string of the molecule is CO/N=C(\C(=O)C[C@@H]1C(=O)N2C(C(=O)O)=C(C[n+]3ccc4ccn(Cc5cc(C(=N)N)co5)c4c3)CS[C@H]12)c1nc(N)sc1Cl.